The van der Waals surface area contributed by atoms with Gasteiger partial charge in [-0.15, -0.1) is 12.4 Å². The van der Waals surface area contributed by atoms with E-state index >= 15 is 0 Å². The Morgan fingerprint density at radius 2 is 2.27 bits per heavy atom. The molecule has 2 aliphatic rings. The average Bonchev–Trinajstić information content (AvgIpc) is 3.01. The Labute approximate surface area is 96.0 Å². The van der Waals surface area contributed by atoms with Crippen molar-refractivity contribution in [3.63, 3.8) is 0 Å². The minimum atomic E-state index is -0.236. The molecule has 0 atom stereocenters. The third-order valence-corrected chi connectivity index (χ3v) is 2.45. The lowest BCUT2D eigenvalue weighted by Crippen LogP contribution is -2.43. The number of amides is 1. The van der Waals surface area contributed by atoms with Gasteiger partial charge in [0.15, 0.2) is 0 Å². The summed E-state index contributed by atoms with van der Waals surface area (Å²) in [6.45, 7) is 1.99. The maximum absolute atomic E-state index is 11.5. The van der Waals surface area contributed by atoms with Gasteiger partial charge < -0.3 is 4.74 Å². The van der Waals surface area contributed by atoms with Crippen LogP contribution in [0.2, 0.25) is 0 Å². The molecule has 0 aromatic rings. The number of hydrogen-bond acceptors (Lipinski definition) is 3. The molecule has 2 rings (SSSR count). The summed E-state index contributed by atoms with van der Waals surface area (Å²) >= 11 is 0. The fraction of sp³-hybridized carbons (Fsp3) is 0.700. The number of carbonyl (C=O) groups is 1. The van der Waals surface area contributed by atoms with Gasteiger partial charge in [-0.1, -0.05) is 12.2 Å². The second-order valence-corrected chi connectivity index (χ2v) is 3.79. The molecular weight excluding hydrogens is 216 g/mol. The monoisotopic (exact) mass is 232 g/mol. The number of nitrogens with zero attached hydrogens (tertiary/aromatic N) is 1. The SMILES string of the molecule is Cl.O=C(OCC1CC1)N1CCC=CCN1. The van der Waals surface area contributed by atoms with Crippen LogP contribution in [0.1, 0.15) is 19.3 Å². The molecule has 86 valence electrons. The first-order valence-electron chi connectivity index (χ1n) is 5.19. The molecule has 1 aliphatic carbocycles. The molecule has 1 amide bonds. The summed E-state index contributed by atoms with van der Waals surface area (Å²) in [5.41, 5.74) is 3.00. The molecular formula is C10H17ClN2O2. The minimum absolute atomic E-state index is 0. The van der Waals surface area contributed by atoms with E-state index in [0.717, 1.165) is 6.42 Å². The largest absolute Gasteiger partial charge is 0.448 e. The maximum atomic E-state index is 11.5. The van der Waals surface area contributed by atoms with E-state index in [4.69, 9.17) is 4.74 Å². The fourth-order valence-corrected chi connectivity index (χ4v) is 1.35. The van der Waals surface area contributed by atoms with E-state index in [2.05, 4.69) is 11.5 Å². The third-order valence-electron chi connectivity index (χ3n) is 2.45. The summed E-state index contributed by atoms with van der Waals surface area (Å²) in [7, 11) is 0. The van der Waals surface area contributed by atoms with Crippen molar-refractivity contribution >= 4 is 18.5 Å². The molecule has 1 aliphatic heterocycles. The van der Waals surface area contributed by atoms with Gasteiger partial charge in [0.05, 0.1) is 6.61 Å². The zero-order valence-corrected chi connectivity index (χ0v) is 9.46. The number of ether oxygens (including phenoxy) is 1. The standard InChI is InChI=1S/C10H16N2O2.ClH/c13-10(14-8-9-4-5-9)12-7-3-1-2-6-11-12;/h1-2,9,11H,3-8H2;1H. The van der Waals surface area contributed by atoms with Crippen molar-refractivity contribution in [1.29, 1.82) is 0 Å². The highest BCUT2D eigenvalue weighted by atomic mass is 35.5. The van der Waals surface area contributed by atoms with Crippen LogP contribution in [0.4, 0.5) is 4.79 Å². The normalized spacial score (nSPS) is 20.4. The number of rotatable bonds is 2. The van der Waals surface area contributed by atoms with E-state index < -0.39 is 0 Å². The molecule has 0 aromatic carbocycles. The third kappa shape index (κ3) is 4.10. The molecule has 15 heavy (non-hydrogen) atoms. The van der Waals surface area contributed by atoms with Crippen LogP contribution in [0.25, 0.3) is 0 Å². The number of halogens is 1. The van der Waals surface area contributed by atoms with Gasteiger partial charge in [0.1, 0.15) is 0 Å². The lowest BCUT2D eigenvalue weighted by Gasteiger charge is -2.20. The Morgan fingerprint density at radius 1 is 1.47 bits per heavy atom. The van der Waals surface area contributed by atoms with Crippen molar-refractivity contribution in [2.24, 2.45) is 5.92 Å². The summed E-state index contributed by atoms with van der Waals surface area (Å²) in [5.74, 6) is 0.629. The van der Waals surface area contributed by atoms with Crippen LogP contribution < -0.4 is 5.43 Å². The summed E-state index contributed by atoms with van der Waals surface area (Å²) < 4.78 is 5.16. The van der Waals surface area contributed by atoms with E-state index in [1.807, 2.05) is 6.08 Å². The van der Waals surface area contributed by atoms with Crippen LogP contribution in [0.15, 0.2) is 12.2 Å². The quantitative estimate of drug-likeness (QED) is 0.738. The molecule has 0 aromatic heterocycles. The van der Waals surface area contributed by atoms with Crippen LogP contribution in [-0.2, 0) is 4.74 Å². The van der Waals surface area contributed by atoms with Gasteiger partial charge in [-0.25, -0.2) is 15.2 Å². The first-order valence-corrected chi connectivity index (χ1v) is 5.19. The molecule has 4 nitrogen and oxygen atoms in total. The van der Waals surface area contributed by atoms with Gasteiger partial charge in [-0.3, -0.25) is 0 Å². The van der Waals surface area contributed by atoms with Gasteiger partial charge in [-0.2, -0.15) is 0 Å². The Kier molecular flexibility index (Phi) is 4.91. The molecule has 1 fully saturated rings. The Hall–Kier alpha value is -0.740. The fourth-order valence-electron chi connectivity index (χ4n) is 1.35. The summed E-state index contributed by atoms with van der Waals surface area (Å²) in [5, 5.41) is 1.56. The van der Waals surface area contributed by atoms with Crippen LogP contribution >= 0.6 is 12.4 Å². The minimum Gasteiger partial charge on any atom is -0.448 e. The van der Waals surface area contributed by atoms with E-state index in [-0.39, 0.29) is 18.5 Å². The second kappa shape index (κ2) is 5.98. The lowest BCUT2D eigenvalue weighted by atomic mass is 10.4. The first-order chi connectivity index (χ1) is 6.86. The lowest BCUT2D eigenvalue weighted by molar-refractivity contribution is 0.0825. The molecule has 0 spiro atoms. The molecule has 1 heterocycles. The van der Waals surface area contributed by atoms with E-state index in [1.54, 1.807) is 5.01 Å². The average molecular weight is 233 g/mol. The van der Waals surface area contributed by atoms with Crippen LogP contribution in [0, 0.1) is 5.92 Å². The van der Waals surface area contributed by atoms with Gasteiger partial charge in [0, 0.05) is 13.1 Å². The van der Waals surface area contributed by atoms with Gasteiger partial charge in [0.25, 0.3) is 0 Å². The molecule has 0 bridgehead atoms. The van der Waals surface area contributed by atoms with Gasteiger partial charge >= 0.3 is 6.09 Å². The number of hydrazine groups is 1. The second-order valence-electron chi connectivity index (χ2n) is 3.79. The maximum Gasteiger partial charge on any atom is 0.424 e. The van der Waals surface area contributed by atoms with Crippen molar-refractivity contribution in [3.8, 4) is 0 Å². The highest BCUT2D eigenvalue weighted by molar-refractivity contribution is 5.85. The summed E-state index contributed by atoms with van der Waals surface area (Å²) in [6, 6.07) is 0. The predicted octanol–water partition coefficient (Wildman–Crippen LogP) is 1.72. The number of carbonyl (C=O) groups excluding carboxylic acids is 1. The molecule has 1 saturated carbocycles. The summed E-state index contributed by atoms with van der Waals surface area (Å²) in [4.78, 5) is 11.5. The number of nitrogens with one attached hydrogen (secondary N) is 1. The van der Waals surface area contributed by atoms with Crippen LogP contribution in [0.3, 0.4) is 0 Å². The van der Waals surface area contributed by atoms with Crippen molar-refractivity contribution in [3.05, 3.63) is 12.2 Å². The zero-order chi connectivity index (χ0) is 9.80. The van der Waals surface area contributed by atoms with E-state index in [0.29, 0.717) is 25.6 Å². The molecule has 0 radical (unpaired) electrons. The van der Waals surface area contributed by atoms with Crippen molar-refractivity contribution < 1.29 is 9.53 Å². The van der Waals surface area contributed by atoms with Crippen LogP contribution in [-0.4, -0.2) is 30.8 Å². The Bertz CT molecular complexity index is 232. The van der Waals surface area contributed by atoms with E-state index in [1.165, 1.54) is 12.8 Å². The summed E-state index contributed by atoms with van der Waals surface area (Å²) in [6.07, 6.45) is 7.17. The van der Waals surface area contributed by atoms with E-state index in [9.17, 15) is 4.79 Å². The van der Waals surface area contributed by atoms with Crippen molar-refractivity contribution in [2.75, 3.05) is 19.7 Å². The van der Waals surface area contributed by atoms with Crippen molar-refractivity contribution in [2.45, 2.75) is 19.3 Å². The van der Waals surface area contributed by atoms with Gasteiger partial charge in [-0.05, 0) is 25.2 Å². The Morgan fingerprint density at radius 3 is 3.00 bits per heavy atom. The Balaban J connectivity index is 0.00000112. The highest BCUT2D eigenvalue weighted by Crippen LogP contribution is 2.28. The smallest absolute Gasteiger partial charge is 0.424 e. The molecule has 1 N–H and O–H groups in total. The predicted molar refractivity (Wildman–Crippen MR) is 59.8 cm³/mol. The zero-order valence-electron chi connectivity index (χ0n) is 8.65. The molecule has 0 saturated heterocycles. The van der Waals surface area contributed by atoms with Crippen molar-refractivity contribution in [1.82, 2.24) is 10.4 Å². The molecule has 5 heteroatoms. The van der Waals surface area contributed by atoms with Crippen LogP contribution in [0.5, 0.6) is 0 Å². The first kappa shape index (κ1) is 12.3. The highest BCUT2D eigenvalue weighted by Gasteiger charge is 2.24. The number of hydrogen-bond donors (Lipinski definition) is 1. The topological polar surface area (TPSA) is 41.6 Å². The van der Waals surface area contributed by atoms with Gasteiger partial charge in [0.2, 0.25) is 0 Å². The molecule has 0 unspecified atom stereocenters.